The van der Waals surface area contributed by atoms with Gasteiger partial charge >= 0.3 is 18.4 Å². The van der Waals surface area contributed by atoms with Crippen molar-refractivity contribution >= 4 is 29.6 Å². The van der Waals surface area contributed by atoms with Crippen molar-refractivity contribution in [2.75, 3.05) is 24.5 Å². The number of aliphatic hydroxyl groups is 1. The third kappa shape index (κ3) is 6.56. The van der Waals surface area contributed by atoms with E-state index in [9.17, 15) is 45.8 Å². The van der Waals surface area contributed by atoms with Crippen LogP contribution in [0.1, 0.15) is 58.2 Å². The van der Waals surface area contributed by atoms with Gasteiger partial charge in [-0.25, -0.2) is 4.79 Å². The number of rotatable bonds is 8. The van der Waals surface area contributed by atoms with Gasteiger partial charge in [-0.3, -0.25) is 14.5 Å². The summed E-state index contributed by atoms with van der Waals surface area (Å²) >= 11 is 0. The number of piperazine rings is 1. The number of anilines is 1. The second kappa shape index (κ2) is 13.0. The maximum Gasteiger partial charge on any atom is 0.430 e. The number of urea groups is 1. The van der Waals surface area contributed by atoms with Crippen LogP contribution in [0.15, 0.2) is 48.5 Å². The van der Waals surface area contributed by atoms with Gasteiger partial charge in [-0.1, -0.05) is 30.4 Å². The molecule has 4 rings (SSSR count). The van der Waals surface area contributed by atoms with Gasteiger partial charge in [-0.15, -0.1) is 0 Å². The van der Waals surface area contributed by atoms with Crippen molar-refractivity contribution in [1.82, 2.24) is 15.1 Å². The van der Waals surface area contributed by atoms with Crippen LogP contribution < -0.4 is 15.0 Å². The van der Waals surface area contributed by atoms with E-state index in [0.717, 1.165) is 11.0 Å². The lowest BCUT2D eigenvalue weighted by atomic mass is 9.89. The Kier molecular flexibility index (Phi) is 9.88. The number of hydrogen-bond donors (Lipinski definition) is 2. The predicted molar refractivity (Wildman–Crippen MR) is 165 cm³/mol. The van der Waals surface area contributed by atoms with Gasteiger partial charge < -0.3 is 25.0 Å². The molecule has 0 radical (unpaired) electrons. The van der Waals surface area contributed by atoms with Crippen LogP contribution in [-0.2, 0) is 20.7 Å². The average Bonchev–Trinajstić information content (AvgIpc) is 3.20. The van der Waals surface area contributed by atoms with E-state index in [1.165, 1.54) is 30.9 Å². The van der Waals surface area contributed by atoms with E-state index in [-0.39, 0.29) is 24.8 Å². The van der Waals surface area contributed by atoms with Gasteiger partial charge in [0.1, 0.15) is 17.8 Å². The molecule has 2 aromatic rings. The fourth-order valence-electron chi connectivity index (χ4n) is 6.05. The topological polar surface area (TPSA) is 102 Å². The Labute approximate surface area is 274 Å². The standard InChI is InChI=1S/C33H38F6N4O5/c1-7-8-22-15-24(31(47,32(34,35)36)33(37,38)39)11-14-26(22)41-16-21(5)42(17-20(41)4)27(44)18-43-28(45)30(6,40-29(43)46)23-9-12-25(13-10-23)48-19(2)3/h7-15,19-21,47H,16-18H2,1-6H3,(H,40,46)/b8-7-/t20-,21+,30?/m0/s1. The van der Waals surface area contributed by atoms with Gasteiger partial charge in [0.2, 0.25) is 5.91 Å². The molecule has 15 heteroatoms. The molecule has 2 heterocycles. The van der Waals surface area contributed by atoms with Crippen molar-refractivity contribution < 1.29 is 50.6 Å². The fourth-order valence-corrected chi connectivity index (χ4v) is 6.05. The van der Waals surface area contributed by atoms with E-state index in [1.807, 2.05) is 13.8 Å². The van der Waals surface area contributed by atoms with Gasteiger partial charge in [0.15, 0.2) is 0 Å². The van der Waals surface area contributed by atoms with Gasteiger partial charge in [0, 0.05) is 36.4 Å². The minimum atomic E-state index is -6.04. The number of carbonyl (C=O) groups is 3. The monoisotopic (exact) mass is 684 g/mol. The summed E-state index contributed by atoms with van der Waals surface area (Å²) in [6.07, 6.45) is -9.36. The number of carbonyl (C=O) groups excluding carboxylic acids is 3. The normalized spacial score (nSPS) is 22.6. The number of hydrogen-bond acceptors (Lipinski definition) is 6. The molecular formula is C33H38F6N4O5. The summed E-state index contributed by atoms with van der Waals surface area (Å²) in [7, 11) is 0. The first-order valence-corrected chi connectivity index (χ1v) is 15.3. The van der Waals surface area contributed by atoms with Crippen LogP contribution in [0.3, 0.4) is 0 Å². The van der Waals surface area contributed by atoms with Crippen molar-refractivity contribution in [3.05, 3.63) is 65.2 Å². The van der Waals surface area contributed by atoms with Crippen LogP contribution >= 0.6 is 0 Å². The van der Waals surface area contributed by atoms with Crippen molar-refractivity contribution in [1.29, 1.82) is 0 Å². The quantitative estimate of drug-likeness (QED) is 0.273. The molecule has 1 unspecified atom stereocenters. The van der Waals surface area contributed by atoms with E-state index in [0.29, 0.717) is 29.1 Å². The zero-order chi connectivity index (χ0) is 36.0. The van der Waals surface area contributed by atoms with Crippen LogP contribution in [0, 0.1) is 0 Å². The summed E-state index contributed by atoms with van der Waals surface area (Å²) < 4.78 is 87.1. The zero-order valence-electron chi connectivity index (χ0n) is 27.2. The Morgan fingerprint density at radius 1 is 1.02 bits per heavy atom. The third-order valence-electron chi connectivity index (χ3n) is 8.60. The molecule has 0 aliphatic carbocycles. The molecule has 2 fully saturated rings. The first-order valence-electron chi connectivity index (χ1n) is 15.3. The molecule has 2 aromatic carbocycles. The maximum absolute atomic E-state index is 13.6. The van der Waals surface area contributed by atoms with E-state index in [2.05, 4.69) is 5.32 Å². The number of amides is 4. The number of benzene rings is 2. The Balaban J connectivity index is 1.52. The Morgan fingerprint density at radius 3 is 2.17 bits per heavy atom. The van der Waals surface area contributed by atoms with Crippen LogP contribution in [-0.4, -0.2) is 82.9 Å². The van der Waals surface area contributed by atoms with Gasteiger partial charge in [-0.05, 0) is 76.9 Å². The summed E-state index contributed by atoms with van der Waals surface area (Å²) in [6.45, 7) is 9.89. The minimum absolute atomic E-state index is 0.00294. The summed E-state index contributed by atoms with van der Waals surface area (Å²) in [4.78, 5) is 44.0. The summed E-state index contributed by atoms with van der Waals surface area (Å²) in [5, 5.41) is 12.6. The number of halogens is 6. The number of ether oxygens (including phenoxy) is 1. The molecule has 0 aromatic heterocycles. The minimum Gasteiger partial charge on any atom is -0.491 e. The number of alkyl halides is 6. The highest BCUT2D eigenvalue weighted by Crippen LogP contribution is 2.50. The molecule has 2 saturated heterocycles. The second-order valence-electron chi connectivity index (χ2n) is 12.5. The summed E-state index contributed by atoms with van der Waals surface area (Å²) in [6, 6.07) is 7.25. The highest BCUT2D eigenvalue weighted by atomic mass is 19.4. The lowest BCUT2D eigenvalue weighted by molar-refractivity contribution is -0.376. The van der Waals surface area contributed by atoms with E-state index in [4.69, 9.17) is 4.74 Å². The SMILES string of the molecule is C/C=C\c1cc(C(O)(C(F)(F)F)C(F)(F)F)ccc1N1C[C@@H](C)N(C(=O)CN2C(=O)NC(C)(c3ccc(OC(C)C)cc3)C2=O)C[C@@H]1C. The Hall–Kier alpha value is -4.27. The number of imide groups is 1. The smallest absolute Gasteiger partial charge is 0.430 e. The maximum atomic E-state index is 13.6. The fraction of sp³-hybridized carbons (Fsp3) is 0.485. The molecule has 2 aliphatic rings. The van der Waals surface area contributed by atoms with E-state index >= 15 is 0 Å². The molecule has 9 nitrogen and oxygen atoms in total. The molecule has 0 bridgehead atoms. The molecule has 3 atom stereocenters. The van der Waals surface area contributed by atoms with Crippen LogP contribution in [0.4, 0.5) is 36.8 Å². The van der Waals surface area contributed by atoms with Crippen molar-refractivity contribution in [3.63, 3.8) is 0 Å². The van der Waals surface area contributed by atoms with Gasteiger partial charge in [0.05, 0.1) is 6.10 Å². The second-order valence-corrected chi connectivity index (χ2v) is 12.5. The lowest BCUT2D eigenvalue weighted by Gasteiger charge is -2.46. The first-order chi connectivity index (χ1) is 22.1. The molecule has 2 N–H and O–H groups in total. The first kappa shape index (κ1) is 36.6. The number of nitrogens with one attached hydrogen (secondary N) is 1. The Morgan fingerprint density at radius 2 is 1.62 bits per heavy atom. The van der Waals surface area contributed by atoms with E-state index < -0.39 is 65.5 Å². The number of nitrogens with zero attached hydrogens (tertiary/aromatic N) is 3. The molecule has 4 amide bonds. The Bertz CT molecular complexity index is 1560. The molecular weight excluding hydrogens is 646 g/mol. The highest BCUT2D eigenvalue weighted by Gasteiger charge is 2.71. The average molecular weight is 685 g/mol. The van der Waals surface area contributed by atoms with E-state index in [1.54, 1.807) is 43.0 Å². The molecule has 0 spiro atoms. The van der Waals surface area contributed by atoms with Gasteiger partial charge in [0.25, 0.3) is 11.5 Å². The van der Waals surface area contributed by atoms with Crippen LogP contribution in [0.5, 0.6) is 5.75 Å². The predicted octanol–water partition coefficient (Wildman–Crippen LogP) is 5.71. The van der Waals surface area contributed by atoms with Crippen molar-refractivity contribution in [2.45, 2.75) is 83.2 Å². The van der Waals surface area contributed by atoms with Crippen LogP contribution in [0.25, 0.3) is 6.08 Å². The largest absolute Gasteiger partial charge is 0.491 e. The molecule has 2 aliphatic heterocycles. The number of allylic oxidation sites excluding steroid dienone is 1. The zero-order valence-corrected chi connectivity index (χ0v) is 27.2. The molecule has 0 saturated carbocycles. The highest BCUT2D eigenvalue weighted by molar-refractivity contribution is 6.09. The van der Waals surface area contributed by atoms with Crippen molar-refractivity contribution in [3.8, 4) is 5.75 Å². The third-order valence-corrected chi connectivity index (χ3v) is 8.60. The lowest BCUT2D eigenvalue weighted by Crippen LogP contribution is -2.60. The van der Waals surface area contributed by atoms with Crippen LogP contribution in [0.2, 0.25) is 0 Å². The van der Waals surface area contributed by atoms with Crippen molar-refractivity contribution in [2.24, 2.45) is 0 Å². The van der Waals surface area contributed by atoms with Gasteiger partial charge in [-0.2, -0.15) is 26.3 Å². The molecule has 48 heavy (non-hydrogen) atoms. The molecule has 262 valence electrons. The summed E-state index contributed by atoms with van der Waals surface area (Å²) in [5.41, 5.74) is -7.10. The summed E-state index contributed by atoms with van der Waals surface area (Å²) in [5.74, 6) is -0.556.